The molecule has 334 valence electrons. The van der Waals surface area contributed by atoms with Crippen LogP contribution >= 0.6 is 0 Å². The number of ether oxygens (including phenoxy) is 1. The number of carboxylic acid groups (broad SMARTS) is 1. The lowest BCUT2D eigenvalue weighted by molar-refractivity contribution is -0.150. The van der Waals surface area contributed by atoms with E-state index >= 15 is 0 Å². The fourth-order valence-electron chi connectivity index (χ4n) is 7.30. The summed E-state index contributed by atoms with van der Waals surface area (Å²) < 4.78 is 6.00. The van der Waals surface area contributed by atoms with Gasteiger partial charge in [0.1, 0.15) is 12.1 Å². The molecule has 0 rings (SSSR count). The molecule has 0 radical (unpaired) electrons. The molecule has 0 aliphatic carbocycles. The average molecular weight is 807 g/mol. The molecule has 0 aromatic rings. The summed E-state index contributed by atoms with van der Waals surface area (Å²) in [7, 11) is 0. The minimum absolute atomic E-state index is 0.00633. The molecule has 0 fully saturated rings. The lowest BCUT2D eigenvalue weighted by atomic mass is 10.0. The number of nitrogens with one attached hydrogen (secondary N) is 2. The van der Waals surface area contributed by atoms with Crippen molar-refractivity contribution in [3.63, 3.8) is 0 Å². The molecule has 0 spiro atoms. The van der Waals surface area contributed by atoms with Crippen molar-refractivity contribution in [1.29, 1.82) is 0 Å². The molecule has 0 aromatic heterocycles. The molecule has 0 bridgehead atoms. The molecule has 9 nitrogen and oxygen atoms in total. The number of hydrogen-bond donors (Lipinski definition) is 4. The monoisotopic (exact) mass is 807 g/mol. The molecule has 57 heavy (non-hydrogen) atoms. The van der Waals surface area contributed by atoms with Gasteiger partial charge < -0.3 is 25.6 Å². The Hall–Kier alpha value is -2.42. The largest absolute Gasteiger partial charge is 0.480 e. The molecule has 2 unspecified atom stereocenters. The van der Waals surface area contributed by atoms with Gasteiger partial charge in [0.25, 0.3) is 0 Å². The van der Waals surface area contributed by atoms with E-state index in [-0.39, 0.29) is 24.5 Å². The van der Waals surface area contributed by atoms with Crippen molar-refractivity contribution >= 4 is 23.8 Å². The number of carboxylic acids is 1. The summed E-state index contributed by atoms with van der Waals surface area (Å²) in [5.41, 5.74) is 0. The van der Waals surface area contributed by atoms with Gasteiger partial charge in [0.15, 0.2) is 0 Å². The van der Waals surface area contributed by atoms with Crippen molar-refractivity contribution in [2.45, 2.75) is 257 Å². The van der Waals surface area contributed by atoms with E-state index in [2.05, 4.69) is 36.6 Å². The number of allylic oxidation sites excluding steroid dienone is 2. The smallest absolute Gasteiger partial charge is 0.328 e. The molecule has 2 amide bonds. The van der Waals surface area contributed by atoms with Gasteiger partial charge in [-0.2, -0.15) is 0 Å². The molecular weight excluding hydrogens is 717 g/mol. The van der Waals surface area contributed by atoms with Crippen LogP contribution in [0.3, 0.4) is 0 Å². The van der Waals surface area contributed by atoms with Crippen molar-refractivity contribution < 1.29 is 34.1 Å². The maximum absolute atomic E-state index is 12.7. The predicted octanol–water partition coefficient (Wildman–Crippen LogP) is 12.2. The quantitative estimate of drug-likeness (QED) is 0.0273. The van der Waals surface area contributed by atoms with Crippen LogP contribution in [0.4, 0.5) is 0 Å². The first-order chi connectivity index (χ1) is 27.8. The van der Waals surface area contributed by atoms with Crippen LogP contribution in [-0.2, 0) is 23.9 Å². The average Bonchev–Trinajstić information content (AvgIpc) is 3.20. The molecule has 0 aliphatic heterocycles. The van der Waals surface area contributed by atoms with E-state index in [9.17, 15) is 19.2 Å². The van der Waals surface area contributed by atoms with Crippen molar-refractivity contribution in [3.8, 4) is 0 Å². The van der Waals surface area contributed by atoms with Crippen LogP contribution in [-0.4, -0.2) is 59.3 Å². The third-order valence-electron chi connectivity index (χ3n) is 11.0. The topological polar surface area (TPSA) is 142 Å². The molecule has 0 aliphatic rings. The van der Waals surface area contributed by atoms with Crippen LogP contribution in [0.5, 0.6) is 0 Å². The van der Waals surface area contributed by atoms with Gasteiger partial charge in [-0.15, -0.1) is 0 Å². The maximum atomic E-state index is 12.7. The SMILES string of the molecule is CCCCCCCCCC/C=C\CCCCCCCCCCCCCC(=O)OC(CCCCCCCC)CCCCCCCC(=O)NCC(=O)NC(CO)C(=O)O. The highest BCUT2D eigenvalue weighted by Crippen LogP contribution is 2.19. The summed E-state index contributed by atoms with van der Waals surface area (Å²) in [4.78, 5) is 47.5. The lowest BCUT2D eigenvalue weighted by Gasteiger charge is -2.18. The van der Waals surface area contributed by atoms with Gasteiger partial charge in [0.2, 0.25) is 11.8 Å². The second-order valence-corrected chi connectivity index (χ2v) is 16.6. The van der Waals surface area contributed by atoms with Gasteiger partial charge in [-0.25, -0.2) is 4.79 Å². The van der Waals surface area contributed by atoms with Crippen LogP contribution in [0.15, 0.2) is 12.2 Å². The number of hydrogen-bond acceptors (Lipinski definition) is 6. The molecule has 2 atom stereocenters. The molecular formula is C48H90N2O7. The summed E-state index contributed by atoms with van der Waals surface area (Å²) in [6.45, 7) is 3.48. The molecule has 0 saturated heterocycles. The summed E-state index contributed by atoms with van der Waals surface area (Å²) in [5, 5.41) is 22.5. The highest BCUT2D eigenvalue weighted by atomic mass is 16.5. The van der Waals surface area contributed by atoms with Crippen LogP contribution in [0.1, 0.15) is 245 Å². The molecule has 0 aromatic carbocycles. The molecule has 9 heteroatoms. The Kier molecular flexibility index (Phi) is 41.3. The number of rotatable bonds is 44. The van der Waals surface area contributed by atoms with E-state index < -0.39 is 24.5 Å². The number of aliphatic carboxylic acids is 1. The number of unbranched alkanes of at least 4 members (excludes halogenated alkanes) is 28. The Balaban J connectivity index is 3.95. The Morgan fingerprint density at radius 3 is 1.32 bits per heavy atom. The van der Waals surface area contributed by atoms with E-state index in [4.69, 9.17) is 14.9 Å². The van der Waals surface area contributed by atoms with E-state index in [1.54, 1.807) is 0 Å². The van der Waals surface area contributed by atoms with E-state index in [1.807, 2.05) is 0 Å². The second kappa shape index (κ2) is 43.2. The third-order valence-corrected chi connectivity index (χ3v) is 11.0. The molecule has 4 N–H and O–H groups in total. The normalized spacial score (nSPS) is 12.5. The first-order valence-corrected chi connectivity index (χ1v) is 24.1. The number of aliphatic hydroxyl groups is 1. The number of esters is 1. The fourth-order valence-corrected chi connectivity index (χ4v) is 7.30. The summed E-state index contributed by atoms with van der Waals surface area (Å²) in [6, 6.07) is -1.38. The fraction of sp³-hybridized carbons (Fsp3) is 0.875. The molecule has 0 heterocycles. The van der Waals surface area contributed by atoms with Crippen LogP contribution in [0.2, 0.25) is 0 Å². The molecule has 0 saturated carbocycles. The zero-order valence-electron chi connectivity index (χ0n) is 37.1. The number of carbonyl (C=O) groups excluding carboxylic acids is 3. The van der Waals surface area contributed by atoms with Gasteiger partial charge in [0.05, 0.1) is 13.2 Å². The maximum Gasteiger partial charge on any atom is 0.328 e. The lowest BCUT2D eigenvalue weighted by Crippen LogP contribution is -2.47. The standard InChI is InChI=1S/C48H90N2O7/c1-3-5-7-9-11-12-13-14-15-16-17-18-19-20-21-22-23-24-25-26-27-32-36-40-47(54)57-43(37-33-29-10-8-6-4-2)38-34-30-28-31-35-39-45(52)49-41-46(53)50-44(42-51)48(55)56/h16-17,43-44,51H,3-15,18-42H2,1-2H3,(H,49,52)(H,50,53)(H,55,56)/b17-16-. The highest BCUT2D eigenvalue weighted by Gasteiger charge is 2.19. The summed E-state index contributed by atoms with van der Waals surface area (Å²) >= 11 is 0. The first kappa shape index (κ1) is 54.6. The second-order valence-electron chi connectivity index (χ2n) is 16.6. The van der Waals surface area contributed by atoms with Crippen LogP contribution in [0, 0.1) is 0 Å². The van der Waals surface area contributed by atoms with Crippen molar-refractivity contribution in [2.75, 3.05) is 13.2 Å². The third kappa shape index (κ3) is 40.2. The van der Waals surface area contributed by atoms with Crippen molar-refractivity contribution in [1.82, 2.24) is 10.6 Å². The number of aliphatic hydroxyl groups excluding tert-OH is 1. The predicted molar refractivity (Wildman–Crippen MR) is 236 cm³/mol. The van der Waals surface area contributed by atoms with Gasteiger partial charge in [-0.3, -0.25) is 14.4 Å². The van der Waals surface area contributed by atoms with E-state index in [1.165, 1.54) is 154 Å². The summed E-state index contributed by atoms with van der Waals surface area (Å²) in [5.74, 6) is -2.28. The zero-order valence-corrected chi connectivity index (χ0v) is 37.1. The number of amides is 2. The Bertz CT molecular complexity index is 972. The van der Waals surface area contributed by atoms with Crippen molar-refractivity contribution in [2.24, 2.45) is 0 Å². The van der Waals surface area contributed by atoms with Gasteiger partial charge in [-0.05, 0) is 64.2 Å². The number of carbonyl (C=O) groups is 4. The minimum atomic E-state index is -1.38. The summed E-state index contributed by atoms with van der Waals surface area (Å²) in [6.07, 6.45) is 47.0. The van der Waals surface area contributed by atoms with Gasteiger partial charge in [0, 0.05) is 12.8 Å². The zero-order chi connectivity index (χ0) is 41.9. The van der Waals surface area contributed by atoms with Gasteiger partial charge >= 0.3 is 11.9 Å². The van der Waals surface area contributed by atoms with E-state index in [0.29, 0.717) is 19.3 Å². The van der Waals surface area contributed by atoms with Crippen LogP contribution < -0.4 is 10.6 Å². The van der Waals surface area contributed by atoms with Crippen molar-refractivity contribution in [3.05, 3.63) is 12.2 Å². The highest BCUT2D eigenvalue weighted by molar-refractivity contribution is 5.87. The van der Waals surface area contributed by atoms with Gasteiger partial charge in [-0.1, -0.05) is 180 Å². The first-order valence-electron chi connectivity index (χ1n) is 24.1. The van der Waals surface area contributed by atoms with Crippen LogP contribution in [0.25, 0.3) is 0 Å². The minimum Gasteiger partial charge on any atom is -0.480 e. The Morgan fingerprint density at radius 1 is 0.509 bits per heavy atom. The van der Waals surface area contributed by atoms with E-state index in [0.717, 1.165) is 57.8 Å². The Morgan fingerprint density at radius 2 is 0.895 bits per heavy atom. The Labute approximate surface area is 350 Å².